The first kappa shape index (κ1) is 11.1. The molecule has 1 aromatic rings. The Hall–Kier alpha value is 0.0700. The van der Waals surface area contributed by atoms with Crippen LogP contribution in [0.5, 0.6) is 0 Å². The van der Waals surface area contributed by atoms with E-state index in [9.17, 15) is 4.39 Å². The Bertz CT molecular complexity index is 276. The summed E-state index contributed by atoms with van der Waals surface area (Å²) < 4.78 is 15.0. The molecule has 1 heterocycles. The summed E-state index contributed by atoms with van der Waals surface area (Å²) in [5, 5.41) is 3.71. The van der Waals surface area contributed by atoms with Crippen molar-refractivity contribution in [2.75, 3.05) is 6.54 Å². The van der Waals surface area contributed by atoms with Crippen molar-refractivity contribution in [2.45, 2.75) is 25.4 Å². The highest BCUT2D eigenvalue weighted by Gasteiger charge is 2.31. The highest BCUT2D eigenvalue weighted by atomic mass is 79.9. The van der Waals surface area contributed by atoms with Crippen LogP contribution in [0.1, 0.15) is 25.3 Å². The first-order valence-electron chi connectivity index (χ1n) is 4.25. The summed E-state index contributed by atoms with van der Waals surface area (Å²) in [5.74, 6) is 0. The third-order valence-electron chi connectivity index (χ3n) is 2.07. The first-order chi connectivity index (χ1) is 6.14. The van der Waals surface area contributed by atoms with Crippen LogP contribution in [0.4, 0.5) is 4.39 Å². The molecule has 0 saturated carbocycles. The molecule has 0 amide bonds. The second-order valence-corrected chi connectivity index (χ2v) is 4.65. The van der Waals surface area contributed by atoms with Crippen molar-refractivity contribution >= 4 is 27.3 Å². The molecule has 4 heteroatoms. The normalized spacial score (nSPS) is 15.7. The summed E-state index contributed by atoms with van der Waals surface area (Å²) in [6, 6.07) is 0. The molecule has 1 rings (SSSR count). The number of rotatable bonds is 4. The molecule has 0 aromatic carbocycles. The molecule has 0 aliphatic rings. The topological polar surface area (TPSA) is 26.0 Å². The first-order valence-corrected chi connectivity index (χ1v) is 5.98. The minimum absolute atomic E-state index is 0.0518. The summed E-state index contributed by atoms with van der Waals surface area (Å²) in [7, 11) is 0. The summed E-state index contributed by atoms with van der Waals surface area (Å²) in [5.41, 5.74) is 4.80. The van der Waals surface area contributed by atoms with Crippen molar-refractivity contribution < 1.29 is 4.39 Å². The van der Waals surface area contributed by atoms with Crippen LogP contribution in [0, 0.1) is 0 Å². The molecule has 13 heavy (non-hydrogen) atoms. The minimum Gasteiger partial charge on any atom is -0.327 e. The van der Waals surface area contributed by atoms with E-state index in [4.69, 9.17) is 5.73 Å². The summed E-state index contributed by atoms with van der Waals surface area (Å²) >= 11 is 4.82. The van der Waals surface area contributed by atoms with E-state index in [0.29, 0.717) is 12.0 Å². The quantitative estimate of drug-likeness (QED) is 0.887. The average Bonchev–Trinajstić information content (AvgIpc) is 2.52. The van der Waals surface area contributed by atoms with Crippen molar-refractivity contribution in [2.24, 2.45) is 5.73 Å². The van der Waals surface area contributed by atoms with Crippen LogP contribution in [0.15, 0.2) is 15.2 Å². The van der Waals surface area contributed by atoms with Gasteiger partial charge in [-0.2, -0.15) is 11.3 Å². The number of alkyl halides is 1. The molecular weight excluding hydrogens is 253 g/mol. The molecule has 1 nitrogen and oxygen atoms in total. The maximum atomic E-state index is 14.2. The Morgan fingerprint density at radius 3 is 2.69 bits per heavy atom. The average molecular weight is 266 g/mol. The van der Waals surface area contributed by atoms with Gasteiger partial charge >= 0.3 is 0 Å². The van der Waals surface area contributed by atoms with Crippen LogP contribution in [0.25, 0.3) is 0 Å². The van der Waals surface area contributed by atoms with Gasteiger partial charge in [-0.3, -0.25) is 0 Å². The highest BCUT2D eigenvalue weighted by molar-refractivity contribution is 9.10. The predicted octanol–water partition coefficient (Wildman–Crippen LogP) is 3.43. The van der Waals surface area contributed by atoms with Gasteiger partial charge < -0.3 is 5.73 Å². The standard InChI is InChI=1S/C9H13BrFNS/c1-2-3-9(11,6-12)7-4-13-5-8(7)10/h4-5H,2-3,6,12H2,1H3. The minimum atomic E-state index is -1.35. The van der Waals surface area contributed by atoms with Crippen molar-refractivity contribution in [3.05, 3.63) is 20.8 Å². The molecular formula is C9H13BrFNS. The Morgan fingerprint density at radius 2 is 2.31 bits per heavy atom. The third kappa shape index (κ3) is 2.30. The van der Waals surface area contributed by atoms with Gasteiger partial charge in [0.1, 0.15) is 5.67 Å². The van der Waals surface area contributed by atoms with Crippen molar-refractivity contribution in [1.29, 1.82) is 0 Å². The van der Waals surface area contributed by atoms with Crippen LogP contribution >= 0.6 is 27.3 Å². The molecule has 0 saturated heterocycles. The maximum Gasteiger partial charge on any atom is 0.150 e. The lowest BCUT2D eigenvalue weighted by Gasteiger charge is -2.22. The van der Waals surface area contributed by atoms with Crippen LogP contribution in [0.2, 0.25) is 0 Å². The lowest BCUT2D eigenvalue weighted by atomic mass is 9.94. The number of hydrogen-bond donors (Lipinski definition) is 1. The van der Waals surface area contributed by atoms with Gasteiger partial charge in [0.15, 0.2) is 0 Å². The van der Waals surface area contributed by atoms with E-state index in [1.165, 1.54) is 11.3 Å². The van der Waals surface area contributed by atoms with Gasteiger partial charge in [0.2, 0.25) is 0 Å². The number of hydrogen-bond acceptors (Lipinski definition) is 2. The number of nitrogens with two attached hydrogens (primary N) is 1. The molecule has 0 spiro atoms. The fraction of sp³-hybridized carbons (Fsp3) is 0.556. The van der Waals surface area contributed by atoms with E-state index in [1.54, 1.807) is 0 Å². The van der Waals surface area contributed by atoms with Crippen LogP contribution in [-0.4, -0.2) is 6.54 Å². The van der Waals surface area contributed by atoms with Gasteiger partial charge in [0.25, 0.3) is 0 Å². The highest BCUT2D eigenvalue weighted by Crippen LogP contribution is 2.37. The fourth-order valence-corrected chi connectivity index (χ4v) is 3.08. The monoisotopic (exact) mass is 265 g/mol. The second-order valence-electron chi connectivity index (χ2n) is 3.05. The van der Waals surface area contributed by atoms with Gasteiger partial charge in [0, 0.05) is 22.0 Å². The Balaban J connectivity index is 2.95. The molecule has 2 N–H and O–H groups in total. The Labute approximate surface area is 90.3 Å². The molecule has 74 valence electrons. The zero-order valence-corrected chi connectivity index (χ0v) is 9.92. The van der Waals surface area contributed by atoms with Crippen LogP contribution in [0.3, 0.4) is 0 Å². The molecule has 0 aliphatic heterocycles. The number of halogens is 2. The molecule has 1 aromatic heterocycles. The van der Waals surface area contributed by atoms with Gasteiger partial charge in [0.05, 0.1) is 0 Å². The Kier molecular flexibility index (Phi) is 3.88. The van der Waals surface area contributed by atoms with E-state index in [0.717, 1.165) is 10.9 Å². The van der Waals surface area contributed by atoms with E-state index >= 15 is 0 Å². The van der Waals surface area contributed by atoms with Gasteiger partial charge in [-0.15, -0.1) is 0 Å². The largest absolute Gasteiger partial charge is 0.327 e. The fourth-order valence-electron chi connectivity index (χ4n) is 1.34. The van der Waals surface area contributed by atoms with Gasteiger partial charge in [-0.05, 0) is 27.7 Å². The van der Waals surface area contributed by atoms with Crippen molar-refractivity contribution in [3.63, 3.8) is 0 Å². The Morgan fingerprint density at radius 1 is 1.62 bits per heavy atom. The van der Waals surface area contributed by atoms with E-state index in [-0.39, 0.29) is 6.54 Å². The van der Waals surface area contributed by atoms with Gasteiger partial charge in [-0.1, -0.05) is 13.3 Å². The zero-order valence-electron chi connectivity index (χ0n) is 7.52. The van der Waals surface area contributed by atoms with Crippen molar-refractivity contribution in [3.8, 4) is 0 Å². The van der Waals surface area contributed by atoms with E-state index in [1.807, 2.05) is 17.7 Å². The summed E-state index contributed by atoms with van der Waals surface area (Å²) in [6.45, 7) is 2.01. The lowest BCUT2D eigenvalue weighted by molar-refractivity contribution is 0.159. The zero-order chi connectivity index (χ0) is 9.90. The van der Waals surface area contributed by atoms with Crippen molar-refractivity contribution in [1.82, 2.24) is 0 Å². The maximum absolute atomic E-state index is 14.2. The predicted molar refractivity (Wildman–Crippen MR) is 58.8 cm³/mol. The molecule has 1 unspecified atom stereocenters. The molecule has 0 fully saturated rings. The van der Waals surface area contributed by atoms with Gasteiger partial charge in [-0.25, -0.2) is 4.39 Å². The second kappa shape index (κ2) is 4.53. The SMILES string of the molecule is CCCC(F)(CN)c1cscc1Br. The molecule has 0 aliphatic carbocycles. The third-order valence-corrected chi connectivity index (χ3v) is 3.77. The van der Waals surface area contributed by atoms with E-state index in [2.05, 4.69) is 15.9 Å². The molecule has 0 bridgehead atoms. The van der Waals surface area contributed by atoms with E-state index < -0.39 is 5.67 Å². The lowest BCUT2D eigenvalue weighted by Crippen LogP contribution is -2.30. The summed E-state index contributed by atoms with van der Waals surface area (Å²) in [4.78, 5) is 0. The van der Waals surface area contributed by atoms with Crippen LogP contribution < -0.4 is 5.73 Å². The number of thiophene rings is 1. The summed E-state index contributed by atoms with van der Waals surface area (Å²) in [6.07, 6.45) is 1.29. The van der Waals surface area contributed by atoms with Crippen LogP contribution in [-0.2, 0) is 5.67 Å². The molecule has 1 atom stereocenters. The molecule has 0 radical (unpaired) electrons. The smallest absolute Gasteiger partial charge is 0.150 e.